The summed E-state index contributed by atoms with van der Waals surface area (Å²) in [5, 5.41) is 3.00. The first-order valence-corrected chi connectivity index (χ1v) is 15.8. The smallest absolute Gasteiger partial charge is 0.160 e. The summed E-state index contributed by atoms with van der Waals surface area (Å²) in [5.41, 5.74) is 3.22. The number of hydrogen-bond acceptors (Lipinski definition) is 2. The maximum Gasteiger partial charge on any atom is 0.160 e. The van der Waals surface area contributed by atoms with Crippen LogP contribution in [0.1, 0.15) is 24.5 Å². The van der Waals surface area contributed by atoms with Gasteiger partial charge < -0.3 is 9.47 Å². The molecule has 4 heteroatoms. The molecule has 0 aliphatic heterocycles. The van der Waals surface area contributed by atoms with E-state index in [-0.39, 0.29) is 0 Å². The highest BCUT2D eigenvalue weighted by atomic mass is 28.3. The lowest BCUT2D eigenvalue weighted by Gasteiger charge is -2.36. The van der Waals surface area contributed by atoms with E-state index < -0.39 is 16.1 Å². The second-order valence-electron chi connectivity index (χ2n) is 9.12. The monoisotopic (exact) mass is 350 g/mol. The number of benzene rings is 1. The van der Waals surface area contributed by atoms with E-state index in [9.17, 15) is 0 Å². The minimum Gasteiger partial charge on any atom is -0.493 e. The molecule has 0 saturated carbocycles. The van der Waals surface area contributed by atoms with E-state index in [0.29, 0.717) is 0 Å². The van der Waals surface area contributed by atoms with Crippen LogP contribution in [0.4, 0.5) is 0 Å². The van der Waals surface area contributed by atoms with Gasteiger partial charge in [-0.05, 0) is 46.7 Å². The Bertz CT molecular complexity index is 595. The molecule has 2 rings (SSSR count). The molecule has 0 N–H and O–H groups in total. The fraction of sp³-hybridized carbons (Fsp3) is 0.684. The van der Waals surface area contributed by atoms with Crippen LogP contribution in [0.15, 0.2) is 0 Å². The highest BCUT2D eigenvalue weighted by Gasteiger charge is 2.37. The molecule has 0 amide bonds. The summed E-state index contributed by atoms with van der Waals surface area (Å²) >= 11 is 0. The number of ether oxygens (including phenoxy) is 2. The summed E-state index contributed by atoms with van der Waals surface area (Å²) in [4.78, 5) is 0. The molecule has 23 heavy (non-hydrogen) atoms. The van der Waals surface area contributed by atoms with E-state index in [4.69, 9.17) is 9.47 Å². The lowest BCUT2D eigenvalue weighted by molar-refractivity contribution is 0.357. The van der Waals surface area contributed by atoms with Crippen molar-refractivity contribution in [2.75, 3.05) is 14.2 Å². The van der Waals surface area contributed by atoms with E-state index >= 15 is 0 Å². The molecule has 0 aromatic heterocycles. The maximum atomic E-state index is 5.96. The molecule has 2 nitrogen and oxygen atoms in total. The predicted octanol–water partition coefficient (Wildman–Crippen LogP) is 3.92. The van der Waals surface area contributed by atoms with Crippen LogP contribution in [0.25, 0.3) is 0 Å². The number of methoxy groups -OCH3 is 2. The molecule has 0 bridgehead atoms. The second kappa shape index (κ2) is 6.28. The SMILES string of the molecule is COc1c(OC)c([Si](C)(C)C)c2c(c1[Si](C)(C)C)CC[C@H](C)C2. The summed E-state index contributed by atoms with van der Waals surface area (Å²) in [6.45, 7) is 17.0. The number of rotatable bonds is 4. The fourth-order valence-corrected chi connectivity index (χ4v) is 8.25. The van der Waals surface area contributed by atoms with Gasteiger partial charge in [0.2, 0.25) is 0 Å². The Hall–Kier alpha value is -0.746. The highest BCUT2D eigenvalue weighted by Crippen LogP contribution is 2.36. The first-order valence-electron chi connectivity index (χ1n) is 8.83. The van der Waals surface area contributed by atoms with Crippen LogP contribution in [0.3, 0.4) is 0 Å². The van der Waals surface area contributed by atoms with Gasteiger partial charge in [-0.15, -0.1) is 0 Å². The van der Waals surface area contributed by atoms with Crippen molar-refractivity contribution in [2.24, 2.45) is 5.92 Å². The molecule has 130 valence electrons. The van der Waals surface area contributed by atoms with Crippen molar-refractivity contribution in [3.05, 3.63) is 11.1 Å². The van der Waals surface area contributed by atoms with Crippen molar-refractivity contribution < 1.29 is 9.47 Å². The van der Waals surface area contributed by atoms with Crippen molar-refractivity contribution in [3.8, 4) is 11.5 Å². The third kappa shape index (κ3) is 3.38. The van der Waals surface area contributed by atoms with Crippen LogP contribution in [-0.2, 0) is 12.8 Å². The van der Waals surface area contributed by atoms with Crippen LogP contribution in [0.5, 0.6) is 11.5 Å². The molecule has 1 atom stereocenters. The average molecular weight is 351 g/mol. The molecule has 1 aliphatic carbocycles. The average Bonchev–Trinajstić information content (AvgIpc) is 2.41. The van der Waals surface area contributed by atoms with E-state index in [2.05, 4.69) is 46.2 Å². The van der Waals surface area contributed by atoms with Crippen molar-refractivity contribution in [2.45, 2.75) is 65.5 Å². The van der Waals surface area contributed by atoms with Gasteiger partial charge >= 0.3 is 0 Å². The summed E-state index contributed by atoms with van der Waals surface area (Å²) in [6.07, 6.45) is 3.70. The Balaban J connectivity index is 2.95. The van der Waals surface area contributed by atoms with Crippen molar-refractivity contribution in [3.63, 3.8) is 0 Å². The molecular formula is C19H34O2Si2. The molecule has 1 aromatic rings. The number of fused-ring (bicyclic) bond motifs is 1. The summed E-state index contributed by atoms with van der Waals surface area (Å²) < 4.78 is 11.9. The molecule has 0 heterocycles. The minimum atomic E-state index is -1.53. The molecule has 0 spiro atoms. The molecular weight excluding hydrogens is 316 g/mol. The summed E-state index contributed by atoms with van der Waals surface area (Å²) in [7, 11) is 0.580. The fourth-order valence-electron chi connectivity index (χ4n) is 4.12. The van der Waals surface area contributed by atoms with Gasteiger partial charge in [-0.25, -0.2) is 0 Å². The van der Waals surface area contributed by atoms with Gasteiger partial charge in [0.25, 0.3) is 0 Å². The molecule has 0 unspecified atom stereocenters. The van der Waals surface area contributed by atoms with Gasteiger partial charge in [0, 0.05) is 0 Å². The number of hydrogen-bond donors (Lipinski definition) is 0. The molecule has 1 aromatic carbocycles. The van der Waals surface area contributed by atoms with Crippen molar-refractivity contribution in [1.82, 2.24) is 0 Å². The Morgan fingerprint density at radius 1 is 0.783 bits per heavy atom. The van der Waals surface area contributed by atoms with Crippen LogP contribution in [0, 0.1) is 5.92 Å². The highest BCUT2D eigenvalue weighted by molar-refractivity contribution is 6.91. The molecule has 1 aliphatic rings. The lowest BCUT2D eigenvalue weighted by atomic mass is 9.84. The minimum absolute atomic E-state index is 0.769. The molecule has 0 saturated heterocycles. The summed E-state index contributed by atoms with van der Waals surface area (Å²) in [6, 6.07) is 0. The third-order valence-corrected chi connectivity index (χ3v) is 9.03. The van der Waals surface area contributed by atoms with Crippen LogP contribution >= 0.6 is 0 Å². The second-order valence-corrected chi connectivity index (χ2v) is 19.1. The Morgan fingerprint density at radius 2 is 1.22 bits per heavy atom. The van der Waals surface area contributed by atoms with E-state index in [1.807, 2.05) is 14.2 Å². The van der Waals surface area contributed by atoms with Crippen LogP contribution in [-0.4, -0.2) is 30.4 Å². The topological polar surface area (TPSA) is 18.5 Å². The first kappa shape index (κ1) is 18.6. The Morgan fingerprint density at radius 3 is 1.61 bits per heavy atom. The molecule has 0 radical (unpaired) electrons. The van der Waals surface area contributed by atoms with Gasteiger partial charge in [0.1, 0.15) is 0 Å². The van der Waals surface area contributed by atoms with Crippen molar-refractivity contribution >= 4 is 26.5 Å². The zero-order valence-corrected chi connectivity index (χ0v) is 18.5. The van der Waals surface area contributed by atoms with Crippen molar-refractivity contribution in [1.29, 1.82) is 0 Å². The van der Waals surface area contributed by atoms with E-state index in [1.54, 1.807) is 11.1 Å². The summed E-state index contributed by atoms with van der Waals surface area (Å²) in [5.74, 6) is 2.85. The Kier molecular flexibility index (Phi) is 5.08. The largest absolute Gasteiger partial charge is 0.493 e. The maximum absolute atomic E-state index is 5.96. The van der Waals surface area contributed by atoms with Gasteiger partial charge in [0.15, 0.2) is 11.5 Å². The van der Waals surface area contributed by atoms with Gasteiger partial charge in [-0.2, -0.15) is 0 Å². The van der Waals surface area contributed by atoms with E-state index in [1.165, 1.54) is 29.6 Å². The third-order valence-electron chi connectivity index (χ3n) is 4.98. The first-order chi connectivity index (χ1) is 10.5. The normalized spacial score (nSPS) is 18.6. The Labute approximate surface area is 144 Å². The molecule has 0 fully saturated rings. The van der Waals surface area contributed by atoms with Gasteiger partial charge in [-0.3, -0.25) is 0 Å². The van der Waals surface area contributed by atoms with Crippen LogP contribution in [0.2, 0.25) is 39.3 Å². The zero-order chi connectivity index (χ0) is 17.6. The standard InChI is InChI=1S/C19H34O2Si2/c1-13-10-11-14-15(12-13)19(23(7,8)9)17(21-3)16(20-2)18(14)22(4,5)6/h13H,10-12H2,1-9H3/t13-/m0/s1. The predicted molar refractivity (Wildman–Crippen MR) is 107 cm³/mol. The van der Waals surface area contributed by atoms with Gasteiger partial charge in [-0.1, -0.05) is 46.2 Å². The van der Waals surface area contributed by atoms with Gasteiger partial charge in [0.05, 0.1) is 30.4 Å². The van der Waals surface area contributed by atoms with Crippen LogP contribution < -0.4 is 19.8 Å². The lowest BCUT2D eigenvalue weighted by Crippen LogP contribution is -2.49. The van der Waals surface area contributed by atoms with E-state index in [0.717, 1.165) is 17.4 Å². The quantitative estimate of drug-likeness (QED) is 0.766. The zero-order valence-electron chi connectivity index (χ0n) is 16.5.